The summed E-state index contributed by atoms with van der Waals surface area (Å²) in [5.41, 5.74) is 0. The van der Waals surface area contributed by atoms with Crippen molar-refractivity contribution >= 4 is 21.4 Å². The van der Waals surface area contributed by atoms with Gasteiger partial charge in [-0.15, -0.1) is 11.3 Å². The minimum absolute atomic E-state index is 0.0279. The van der Waals surface area contributed by atoms with Crippen LogP contribution in [0.15, 0.2) is 16.3 Å². The molecule has 0 aliphatic heterocycles. The highest BCUT2D eigenvalue weighted by Crippen LogP contribution is 2.24. The Morgan fingerprint density at radius 2 is 2.00 bits per heavy atom. The third-order valence-corrected chi connectivity index (χ3v) is 6.45. The highest BCUT2D eigenvalue weighted by atomic mass is 32.2. The first-order valence-corrected chi connectivity index (χ1v) is 9.19. The zero-order chi connectivity index (χ0) is 13.9. The molecule has 2 rings (SSSR count). The zero-order valence-electron chi connectivity index (χ0n) is 11.5. The lowest BCUT2D eigenvalue weighted by molar-refractivity contribution is 0.531. The number of sulfonamides is 1. The molecule has 4 nitrogen and oxygen atoms in total. The van der Waals surface area contributed by atoms with Crippen LogP contribution in [0.25, 0.3) is 0 Å². The number of hydrogen-bond donors (Lipinski definition) is 2. The fourth-order valence-electron chi connectivity index (χ4n) is 1.86. The average Bonchev–Trinajstić information content (AvgIpc) is 3.09. The summed E-state index contributed by atoms with van der Waals surface area (Å²) in [6.07, 6.45) is 4.12. The van der Waals surface area contributed by atoms with E-state index in [1.54, 1.807) is 6.07 Å². The SMILES string of the molecule is CCC(CC)NS(=O)(=O)c1ccc(CNC2CC2)s1. The van der Waals surface area contributed by atoms with Gasteiger partial charge in [-0.1, -0.05) is 13.8 Å². The van der Waals surface area contributed by atoms with E-state index in [4.69, 9.17) is 0 Å². The van der Waals surface area contributed by atoms with E-state index in [0.29, 0.717) is 10.3 Å². The third kappa shape index (κ3) is 4.27. The second kappa shape index (κ2) is 6.35. The standard InChI is InChI=1S/C13H22N2O2S2/c1-3-10(4-2)15-19(16,17)13-8-7-12(18-13)9-14-11-5-6-11/h7-8,10-11,14-15H,3-6,9H2,1-2H3. The summed E-state index contributed by atoms with van der Waals surface area (Å²) >= 11 is 1.36. The fraction of sp³-hybridized carbons (Fsp3) is 0.692. The molecule has 2 N–H and O–H groups in total. The summed E-state index contributed by atoms with van der Waals surface area (Å²) in [6, 6.07) is 4.28. The van der Waals surface area contributed by atoms with Gasteiger partial charge in [0.05, 0.1) is 0 Å². The minimum Gasteiger partial charge on any atom is -0.309 e. The minimum atomic E-state index is -3.35. The maximum Gasteiger partial charge on any atom is 0.250 e. The van der Waals surface area contributed by atoms with Crippen molar-refractivity contribution in [2.75, 3.05) is 0 Å². The largest absolute Gasteiger partial charge is 0.309 e. The lowest BCUT2D eigenvalue weighted by atomic mass is 10.2. The summed E-state index contributed by atoms with van der Waals surface area (Å²) in [5.74, 6) is 0. The molecule has 1 aliphatic carbocycles. The molecular weight excluding hydrogens is 280 g/mol. The van der Waals surface area contributed by atoms with E-state index in [1.165, 1.54) is 24.2 Å². The molecule has 1 fully saturated rings. The highest BCUT2D eigenvalue weighted by Gasteiger charge is 2.22. The first-order chi connectivity index (χ1) is 9.05. The van der Waals surface area contributed by atoms with Gasteiger partial charge in [-0.05, 0) is 37.8 Å². The monoisotopic (exact) mass is 302 g/mol. The van der Waals surface area contributed by atoms with E-state index in [-0.39, 0.29) is 6.04 Å². The van der Waals surface area contributed by atoms with Gasteiger partial charge in [-0.25, -0.2) is 13.1 Å². The van der Waals surface area contributed by atoms with Gasteiger partial charge in [0.1, 0.15) is 4.21 Å². The Bertz CT molecular complexity index is 502. The number of rotatable bonds is 8. The molecule has 0 radical (unpaired) electrons. The van der Waals surface area contributed by atoms with E-state index in [1.807, 2.05) is 19.9 Å². The van der Waals surface area contributed by atoms with Crippen LogP contribution in [-0.2, 0) is 16.6 Å². The number of nitrogens with one attached hydrogen (secondary N) is 2. The highest BCUT2D eigenvalue weighted by molar-refractivity contribution is 7.91. The van der Waals surface area contributed by atoms with Crippen LogP contribution in [0, 0.1) is 0 Å². The van der Waals surface area contributed by atoms with E-state index >= 15 is 0 Å². The van der Waals surface area contributed by atoms with Crippen molar-refractivity contribution < 1.29 is 8.42 Å². The van der Waals surface area contributed by atoms with E-state index in [2.05, 4.69) is 10.0 Å². The van der Waals surface area contributed by atoms with Gasteiger partial charge in [-0.3, -0.25) is 0 Å². The molecule has 1 aliphatic rings. The average molecular weight is 302 g/mol. The molecule has 19 heavy (non-hydrogen) atoms. The summed E-state index contributed by atoms with van der Waals surface area (Å²) in [5, 5.41) is 3.40. The summed E-state index contributed by atoms with van der Waals surface area (Å²) < 4.78 is 27.6. The predicted octanol–water partition coefficient (Wildman–Crippen LogP) is 2.47. The number of thiophene rings is 1. The van der Waals surface area contributed by atoms with Gasteiger partial charge in [0.2, 0.25) is 10.0 Å². The van der Waals surface area contributed by atoms with E-state index in [0.717, 1.165) is 24.3 Å². The molecule has 0 atom stereocenters. The first kappa shape index (κ1) is 15.0. The molecular formula is C13H22N2O2S2. The molecule has 0 unspecified atom stereocenters. The second-order valence-electron chi connectivity index (χ2n) is 5.01. The Hall–Kier alpha value is -0.430. The van der Waals surface area contributed by atoms with Crippen LogP contribution < -0.4 is 10.0 Å². The van der Waals surface area contributed by atoms with Gasteiger partial charge in [-0.2, -0.15) is 0 Å². The second-order valence-corrected chi connectivity index (χ2v) is 8.12. The Labute approximate surface area is 119 Å². The molecule has 6 heteroatoms. The normalized spacial score (nSPS) is 16.2. The molecule has 108 valence electrons. The summed E-state index contributed by atoms with van der Waals surface area (Å²) in [6.45, 7) is 4.77. The summed E-state index contributed by atoms with van der Waals surface area (Å²) in [4.78, 5) is 1.08. The van der Waals surface area contributed by atoms with Crippen LogP contribution in [0.1, 0.15) is 44.4 Å². The van der Waals surface area contributed by atoms with Crippen molar-refractivity contribution in [2.45, 2.75) is 62.4 Å². The van der Waals surface area contributed by atoms with Crippen molar-refractivity contribution in [2.24, 2.45) is 0 Å². The Morgan fingerprint density at radius 3 is 2.58 bits per heavy atom. The topological polar surface area (TPSA) is 58.2 Å². The van der Waals surface area contributed by atoms with Gasteiger partial charge < -0.3 is 5.32 Å². The van der Waals surface area contributed by atoms with Gasteiger partial charge >= 0.3 is 0 Å². The maximum atomic E-state index is 12.2. The Kier molecular flexibility index (Phi) is 5.00. The first-order valence-electron chi connectivity index (χ1n) is 6.89. The van der Waals surface area contributed by atoms with Crippen LogP contribution in [0.2, 0.25) is 0 Å². The molecule has 0 saturated heterocycles. The van der Waals surface area contributed by atoms with Crippen molar-refractivity contribution in [1.29, 1.82) is 0 Å². The molecule has 1 aromatic rings. The van der Waals surface area contributed by atoms with Crippen LogP contribution in [0.5, 0.6) is 0 Å². The fourth-order valence-corrected chi connectivity index (χ4v) is 4.59. The smallest absolute Gasteiger partial charge is 0.250 e. The molecule has 1 saturated carbocycles. The maximum absolute atomic E-state index is 12.2. The molecule has 0 spiro atoms. The Morgan fingerprint density at radius 1 is 1.32 bits per heavy atom. The van der Waals surface area contributed by atoms with Crippen LogP contribution in [0.3, 0.4) is 0 Å². The van der Waals surface area contributed by atoms with Crippen molar-refractivity contribution in [3.8, 4) is 0 Å². The Balaban J connectivity index is 1.98. The van der Waals surface area contributed by atoms with Crippen molar-refractivity contribution in [3.05, 3.63) is 17.0 Å². The lowest BCUT2D eigenvalue weighted by Crippen LogP contribution is -2.33. The van der Waals surface area contributed by atoms with E-state index in [9.17, 15) is 8.42 Å². The molecule has 1 aromatic heterocycles. The molecule has 0 bridgehead atoms. The third-order valence-electron chi connectivity index (χ3n) is 3.35. The van der Waals surface area contributed by atoms with Crippen LogP contribution >= 0.6 is 11.3 Å². The summed E-state index contributed by atoms with van der Waals surface area (Å²) in [7, 11) is -3.35. The molecule has 1 heterocycles. The van der Waals surface area contributed by atoms with Gasteiger partial charge in [0.15, 0.2) is 0 Å². The zero-order valence-corrected chi connectivity index (χ0v) is 13.1. The van der Waals surface area contributed by atoms with Crippen molar-refractivity contribution in [3.63, 3.8) is 0 Å². The van der Waals surface area contributed by atoms with Gasteiger partial charge in [0.25, 0.3) is 0 Å². The predicted molar refractivity (Wildman–Crippen MR) is 78.9 cm³/mol. The van der Waals surface area contributed by atoms with E-state index < -0.39 is 10.0 Å². The quantitative estimate of drug-likeness (QED) is 0.775. The van der Waals surface area contributed by atoms with Crippen LogP contribution in [-0.4, -0.2) is 20.5 Å². The van der Waals surface area contributed by atoms with Gasteiger partial charge in [0, 0.05) is 23.5 Å². The van der Waals surface area contributed by atoms with Crippen LogP contribution in [0.4, 0.5) is 0 Å². The molecule has 0 aromatic carbocycles. The van der Waals surface area contributed by atoms with Crippen molar-refractivity contribution in [1.82, 2.24) is 10.0 Å². The molecule has 0 amide bonds. The number of hydrogen-bond acceptors (Lipinski definition) is 4. The lowest BCUT2D eigenvalue weighted by Gasteiger charge is -2.13.